The number of rotatable bonds is 5. The molecule has 2 aromatic carbocycles. The van der Waals surface area contributed by atoms with E-state index in [0.717, 1.165) is 6.07 Å². The van der Waals surface area contributed by atoms with E-state index in [-0.39, 0.29) is 17.7 Å². The van der Waals surface area contributed by atoms with Crippen LogP contribution < -0.4 is 16.0 Å². The summed E-state index contributed by atoms with van der Waals surface area (Å²) >= 11 is 0. The maximum Gasteiger partial charge on any atom is 0.416 e. The smallest absolute Gasteiger partial charge is 0.369 e. The van der Waals surface area contributed by atoms with E-state index < -0.39 is 11.7 Å². The Bertz CT molecular complexity index is 1060. The minimum absolute atomic E-state index is 0.0576. The number of benzene rings is 2. The first-order valence-corrected chi connectivity index (χ1v) is 9.94. The Morgan fingerprint density at radius 3 is 2.34 bits per heavy atom. The molecule has 11 heteroatoms. The molecule has 7 nitrogen and oxygen atoms in total. The molecule has 0 aliphatic carbocycles. The fourth-order valence-electron chi connectivity index (χ4n) is 3.47. The van der Waals surface area contributed by atoms with E-state index in [4.69, 9.17) is 5.73 Å². The van der Waals surface area contributed by atoms with E-state index in [9.17, 15) is 17.6 Å². The van der Waals surface area contributed by atoms with Crippen molar-refractivity contribution in [1.29, 1.82) is 0 Å². The summed E-state index contributed by atoms with van der Waals surface area (Å²) in [7, 11) is 0. The van der Waals surface area contributed by atoms with Gasteiger partial charge >= 0.3 is 6.18 Å². The highest BCUT2D eigenvalue weighted by molar-refractivity contribution is 5.53. The number of nitrogen functional groups attached to an aromatic ring is 1. The van der Waals surface area contributed by atoms with Crippen LogP contribution in [0.4, 0.5) is 40.8 Å². The zero-order chi connectivity index (χ0) is 22.7. The maximum absolute atomic E-state index is 13.1. The van der Waals surface area contributed by atoms with Crippen LogP contribution in [-0.2, 0) is 12.7 Å². The summed E-state index contributed by atoms with van der Waals surface area (Å²) in [5.41, 5.74) is 6.31. The van der Waals surface area contributed by atoms with Gasteiger partial charge in [-0.3, -0.25) is 4.90 Å². The van der Waals surface area contributed by atoms with Gasteiger partial charge in [0.1, 0.15) is 11.6 Å². The van der Waals surface area contributed by atoms with Crippen LogP contribution in [0.15, 0.2) is 48.5 Å². The SMILES string of the molecule is Nc1nc(CN2CCN(c3cccc(C(F)(F)F)c3)CC2)nc(Nc2ccc(F)cc2)n1. The van der Waals surface area contributed by atoms with Crippen molar-refractivity contribution in [2.75, 3.05) is 42.1 Å². The van der Waals surface area contributed by atoms with Crippen molar-refractivity contribution in [1.82, 2.24) is 19.9 Å². The molecule has 1 aliphatic heterocycles. The largest absolute Gasteiger partial charge is 0.416 e. The molecule has 4 rings (SSSR count). The van der Waals surface area contributed by atoms with Crippen molar-refractivity contribution in [3.05, 3.63) is 65.7 Å². The van der Waals surface area contributed by atoms with E-state index in [1.807, 2.05) is 4.90 Å². The lowest BCUT2D eigenvalue weighted by molar-refractivity contribution is -0.137. The molecular formula is C21H21F4N7. The minimum atomic E-state index is -4.36. The first-order chi connectivity index (χ1) is 15.3. The predicted molar refractivity (Wildman–Crippen MR) is 113 cm³/mol. The highest BCUT2D eigenvalue weighted by Crippen LogP contribution is 2.32. The van der Waals surface area contributed by atoms with Crippen LogP contribution in [0.25, 0.3) is 0 Å². The number of nitrogens with one attached hydrogen (secondary N) is 1. The van der Waals surface area contributed by atoms with Crippen molar-refractivity contribution in [2.24, 2.45) is 0 Å². The number of nitrogens with two attached hydrogens (primary N) is 1. The van der Waals surface area contributed by atoms with Crippen molar-refractivity contribution >= 4 is 23.3 Å². The van der Waals surface area contributed by atoms with Gasteiger partial charge in [-0.25, -0.2) is 4.39 Å². The number of hydrogen-bond acceptors (Lipinski definition) is 7. The molecule has 3 aromatic rings. The second-order valence-corrected chi connectivity index (χ2v) is 7.38. The number of aromatic nitrogens is 3. The molecule has 1 saturated heterocycles. The molecule has 32 heavy (non-hydrogen) atoms. The van der Waals surface area contributed by atoms with E-state index >= 15 is 0 Å². The normalized spacial score (nSPS) is 15.1. The highest BCUT2D eigenvalue weighted by Gasteiger charge is 2.31. The molecule has 0 radical (unpaired) electrons. The first kappa shape index (κ1) is 21.8. The fourth-order valence-corrected chi connectivity index (χ4v) is 3.47. The van der Waals surface area contributed by atoms with Gasteiger partial charge in [0.2, 0.25) is 11.9 Å². The quantitative estimate of drug-likeness (QED) is 0.578. The summed E-state index contributed by atoms with van der Waals surface area (Å²) in [6, 6.07) is 11.1. The van der Waals surface area contributed by atoms with Crippen molar-refractivity contribution in [2.45, 2.75) is 12.7 Å². The molecule has 1 aromatic heterocycles. The predicted octanol–water partition coefficient (Wildman–Crippen LogP) is 3.68. The number of piperazine rings is 1. The monoisotopic (exact) mass is 447 g/mol. The van der Waals surface area contributed by atoms with Crippen LogP contribution >= 0.6 is 0 Å². The minimum Gasteiger partial charge on any atom is -0.369 e. The van der Waals surface area contributed by atoms with Crippen molar-refractivity contribution in [3.8, 4) is 0 Å². The maximum atomic E-state index is 13.1. The lowest BCUT2D eigenvalue weighted by Crippen LogP contribution is -2.46. The molecule has 3 N–H and O–H groups in total. The standard InChI is InChI=1S/C21H21F4N7/c22-15-4-6-16(7-5-15)27-20-29-18(28-19(26)30-20)13-31-8-10-32(11-9-31)17-3-1-2-14(12-17)21(23,24)25/h1-7,12H,8-11,13H2,(H3,26,27,28,29,30). The summed E-state index contributed by atoms with van der Waals surface area (Å²) in [5.74, 6) is 0.425. The topological polar surface area (TPSA) is 83.2 Å². The Morgan fingerprint density at radius 2 is 1.66 bits per heavy atom. The third kappa shape index (κ3) is 5.41. The average molecular weight is 447 g/mol. The summed E-state index contributed by atoms with van der Waals surface area (Å²) in [5, 5.41) is 2.97. The molecule has 0 bridgehead atoms. The molecule has 0 saturated carbocycles. The third-order valence-electron chi connectivity index (χ3n) is 5.08. The van der Waals surface area contributed by atoms with E-state index in [2.05, 4.69) is 25.2 Å². The van der Waals surface area contributed by atoms with Gasteiger partial charge in [-0.1, -0.05) is 6.07 Å². The lowest BCUT2D eigenvalue weighted by Gasteiger charge is -2.36. The van der Waals surface area contributed by atoms with Crippen molar-refractivity contribution in [3.63, 3.8) is 0 Å². The van der Waals surface area contributed by atoms with Gasteiger partial charge in [-0.15, -0.1) is 0 Å². The molecule has 0 unspecified atom stereocenters. The first-order valence-electron chi connectivity index (χ1n) is 9.94. The summed E-state index contributed by atoms with van der Waals surface area (Å²) in [6.45, 7) is 2.82. The van der Waals surface area contributed by atoms with E-state index in [1.54, 1.807) is 18.2 Å². The lowest BCUT2D eigenvalue weighted by atomic mass is 10.1. The molecular weight excluding hydrogens is 426 g/mol. The number of halogens is 4. The van der Waals surface area contributed by atoms with Gasteiger partial charge in [-0.05, 0) is 42.5 Å². The third-order valence-corrected chi connectivity index (χ3v) is 5.08. The van der Waals surface area contributed by atoms with Crippen LogP contribution in [0.5, 0.6) is 0 Å². The van der Waals surface area contributed by atoms with Gasteiger partial charge in [0.25, 0.3) is 0 Å². The van der Waals surface area contributed by atoms with Crippen LogP contribution in [0, 0.1) is 5.82 Å². The Morgan fingerprint density at radius 1 is 0.938 bits per heavy atom. The Kier molecular flexibility index (Phi) is 6.08. The van der Waals surface area contributed by atoms with E-state index in [0.29, 0.717) is 49.9 Å². The summed E-state index contributed by atoms with van der Waals surface area (Å²) in [4.78, 5) is 16.6. The Hall–Kier alpha value is -3.47. The second-order valence-electron chi connectivity index (χ2n) is 7.38. The Balaban J connectivity index is 1.38. The van der Waals surface area contributed by atoms with Gasteiger partial charge in [0.05, 0.1) is 12.1 Å². The molecule has 1 aliphatic rings. The molecule has 0 atom stereocenters. The van der Waals surface area contributed by atoms with Crippen molar-refractivity contribution < 1.29 is 17.6 Å². The zero-order valence-electron chi connectivity index (χ0n) is 17.0. The van der Waals surface area contributed by atoms with Crippen LogP contribution in [0.2, 0.25) is 0 Å². The zero-order valence-corrected chi connectivity index (χ0v) is 17.0. The van der Waals surface area contributed by atoms with Gasteiger partial charge in [0.15, 0.2) is 0 Å². The molecule has 0 spiro atoms. The molecule has 1 fully saturated rings. The fraction of sp³-hybridized carbons (Fsp3) is 0.286. The summed E-state index contributed by atoms with van der Waals surface area (Å²) in [6.07, 6.45) is -4.36. The average Bonchev–Trinajstić information content (AvgIpc) is 2.75. The number of nitrogens with zero attached hydrogens (tertiary/aromatic N) is 5. The van der Waals surface area contributed by atoms with Crippen LogP contribution in [-0.4, -0.2) is 46.0 Å². The second kappa shape index (κ2) is 8.95. The number of alkyl halides is 3. The number of hydrogen-bond donors (Lipinski definition) is 2. The highest BCUT2D eigenvalue weighted by atomic mass is 19.4. The van der Waals surface area contributed by atoms with Crippen LogP contribution in [0.3, 0.4) is 0 Å². The Labute approximate surface area is 181 Å². The van der Waals surface area contributed by atoms with Gasteiger partial charge < -0.3 is 16.0 Å². The molecule has 168 valence electrons. The number of anilines is 4. The molecule has 2 heterocycles. The summed E-state index contributed by atoms with van der Waals surface area (Å²) < 4.78 is 52.0. The van der Waals surface area contributed by atoms with Crippen LogP contribution in [0.1, 0.15) is 11.4 Å². The van der Waals surface area contributed by atoms with Gasteiger partial charge in [-0.2, -0.15) is 28.1 Å². The molecule has 0 amide bonds. The van der Waals surface area contributed by atoms with E-state index in [1.165, 1.54) is 24.3 Å². The van der Waals surface area contributed by atoms with Gasteiger partial charge in [0, 0.05) is 37.6 Å².